The molecule has 0 radical (unpaired) electrons. The molecule has 0 spiro atoms. The van der Waals surface area contributed by atoms with Crippen molar-refractivity contribution < 1.29 is 24.6 Å². The van der Waals surface area contributed by atoms with Gasteiger partial charge in [0.25, 0.3) is 0 Å². The van der Waals surface area contributed by atoms with E-state index in [9.17, 15) is 24.6 Å². The number of nitrogens with zero attached hydrogens (tertiary/aromatic N) is 1. The van der Waals surface area contributed by atoms with Crippen molar-refractivity contribution in [3.8, 4) is 11.1 Å². The third kappa shape index (κ3) is 7.42. The molecule has 0 aromatic heterocycles. The molecule has 34 heavy (non-hydrogen) atoms. The van der Waals surface area contributed by atoms with E-state index in [0.29, 0.717) is 18.5 Å². The molecule has 0 unspecified atom stereocenters. The number of hydrogen-bond donors (Lipinski definition) is 3. The molecule has 0 bridgehead atoms. The minimum Gasteiger partial charge on any atom is -0.480 e. The summed E-state index contributed by atoms with van der Waals surface area (Å²) in [6.45, 7) is 9.19. The number of carbonyl (C=O) groups is 3. The highest BCUT2D eigenvalue weighted by molar-refractivity contribution is 6.02. The standard InChI is InChI=1S/C27H36N2O5/c1-17(2)15-23(28-24(27(33)34)16-18(3)4)25(30)29(19(5)26(31)32)22-13-11-21(12-14-22)20-9-7-6-8-10-20/h6-14,17-19,23-24,28H,15-16H2,1-5H3,(H,31,32)(H,33,34)/t19-,23-,24-/m0/s1. The molecule has 0 saturated heterocycles. The number of benzene rings is 2. The summed E-state index contributed by atoms with van der Waals surface area (Å²) in [6.07, 6.45) is 0.739. The minimum atomic E-state index is -1.14. The van der Waals surface area contributed by atoms with Gasteiger partial charge in [-0.05, 0) is 54.9 Å². The molecule has 3 atom stereocenters. The van der Waals surface area contributed by atoms with Gasteiger partial charge in [-0.25, -0.2) is 4.79 Å². The summed E-state index contributed by atoms with van der Waals surface area (Å²) in [7, 11) is 0. The molecule has 1 amide bonds. The van der Waals surface area contributed by atoms with Crippen LogP contribution in [0.3, 0.4) is 0 Å². The molecular formula is C27H36N2O5. The van der Waals surface area contributed by atoms with Gasteiger partial charge in [-0.2, -0.15) is 0 Å². The summed E-state index contributed by atoms with van der Waals surface area (Å²) in [4.78, 5) is 38.8. The molecule has 2 aromatic carbocycles. The van der Waals surface area contributed by atoms with Crippen molar-refractivity contribution in [3.63, 3.8) is 0 Å². The Labute approximate surface area is 201 Å². The maximum absolute atomic E-state index is 13.7. The van der Waals surface area contributed by atoms with Crippen LogP contribution in [0.5, 0.6) is 0 Å². The summed E-state index contributed by atoms with van der Waals surface area (Å²) >= 11 is 0. The number of carboxylic acids is 2. The van der Waals surface area contributed by atoms with E-state index < -0.39 is 36.0 Å². The Balaban J connectivity index is 2.42. The number of anilines is 1. The minimum absolute atomic E-state index is 0.0948. The van der Waals surface area contributed by atoms with E-state index in [1.807, 2.05) is 70.2 Å². The summed E-state index contributed by atoms with van der Waals surface area (Å²) in [5.41, 5.74) is 2.40. The quantitative estimate of drug-likeness (QED) is 0.418. The predicted octanol–water partition coefficient (Wildman–Crippen LogP) is 4.66. The van der Waals surface area contributed by atoms with E-state index in [1.165, 1.54) is 11.8 Å². The van der Waals surface area contributed by atoms with Gasteiger partial charge in [0.1, 0.15) is 12.1 Å². The highest BCUT2D eigenvalue weighted by Crippen LogP contribution is 2.26. The Morgan fingerprint density at radius 3 is 1.71 bits per heavy atom. The third-order valence-electron chi connectivity index (χ3n) is 5.65. The van der Waals surface area contributed by atoms with Gasteiger partial charge in [-0.15, -0.1) is 0 Å². The van der Waals surface area contributed by atoms with Crippen LogP contribution in [0.2, 0.25) is 0 Å². The number of carbonyl (C=O) groups excluding carboxylic acids is 1. The molecule has 0 aliphatic carbocycles. The van der Waals surface area contributed by atoms with Gasteiger partial charge in [0.05, 0.1) is 6.04 Å². The lowest BCUT2D eigenvalue weighted by molar-refractivity contribution is -0.142. The van der Waals surface area contributed by atoms with Crippen molar-refractivity contribution in [2.75, 3.05) is 4.90 Å². The molecule has 0 fully saturated rings. The maximum atomic E-state index is 13.7. The van der Waals surface area contributed by atoms with Gasteiger partial charge >= 0.3 is 11.9 Å². The molecule has 184 valence electrons. The fraction of sp³-hybridized carbons (Fsp3) is 0.444. The monoisotopic (exact) mass is 468 g/mol. The van der Waals surface area contributed by atoms with Crippen LogP contribution in [0.4, 0.5) is 5.69 Å². The molecule has 0 aliphatic rings. The molecule has 7 nitrogen and oxygen atoms in total. The second-order valence-electron chi connectivity index (χ2n) is 9.50. The van der Waals surface area contributed by atoms with Gasteiger partial charge in [-0.3, -0.25) is 19.8 Å². The Bertz CT molecular complexity index is 957. The molecule has 2 rings (SSSR count). The number of carboxylic acid groups (broad SMARTS) is 2. The van der Waals surface area contributed by atoms with Gasteiger partial charge in [-0.1, -0.05) is 70.2 Å². The molecular weight excluding hydrogens is 432 g/mol. The van der Waals surface area contributed by atoms with Crippen LogP contribution in [0.1, 0.15) is 47.5 Å². The van der Waals surface area contributed by atoms with Crippen LogP contribution >= 0.6 is 0 Å². The zero-order chi connectivity index (χ0) is 25.4. The topological polar surface area (TPSA) is 107 Å². The molecule has 0 aliphatic heterocycles. The van der Waals surface area contributed by atoms with E-state index in [2.05, 4.69) is 5.32 Å². The van der Waals surface area contributed by atoms with E-state index in [1.54, 1.807) is 12.1 Å². The first-order chi connectivity index (χ1) is 16.0. The number of rotatable bonds is 12. The largest absolute Gasteiger partial charge is 0.480 e. The maximum Gasteiger partial charge on any atom is 0.326 e. The average Bonchev–Trinajstić information content (AvgIpc) is 2.78. The smallest absolute Gasteiger partial charge is 0.326 e. The number of hydrogen-bond acceptors (Lipinski definition) is 4. The first-order valence-corrected chi connectivity index (χ1v) is 11.7. The SMILES string of the molecule is CC(C)C[C@H](N[C@@H](CC(C)C)C(=O)N(c1ccc(-c2ccccc2)cc1)[C@@H](C)C(=O)O)C(=O)O. The highest BCUT2D eigenvalue weighted by atomic mass is 16.4. The van der Waals surface area contributed by atoms with Crippen molar-refractivity contribution in [3.05, 3.63) is 54.6 Å². The van der Waals surface area contributed by atoms with Crippen LogP contribution < -0.4 is 10.2 Å². The fourth-order valence-electron chi connectivity index (χ4n) is 3.93. The van der Waals surface area contributed by atoms with Crippen LogP contribution in [0.15, 0.2) is 54.6 Å². The fourth-order valence-corrected chi connectivity index (χ4v) is 3.93. The van der Waals surface area contributed by atoms with Crippen molar-refractivity contribution in [2.45, 2.75) is 65.6 Å². The van der Waals surface area contributed by atoms with Crippen LogP contribution in [0.25, 0.3) is 11.1 Å². The Morgan fingerprint density at radius 1 is 0.735 bits per heavy atom. The summed E-state index contributed by atoms with van der Waals surface area (Å²) in [5, 5.41) is 22.5. The van der Waals surface area contributed by atoms with E-state index >= 15 is 0 Å². The lowest BCUT2D eigenvalue weighted by Gasteiger charge is -2.33. The number of nitrogens with one attached hydrogen (secondary N) is 1. The lowest BCUT2D eigenvalue weighted by Crippen LogP contribution is -2.56. The van der Waals surface area contributed by atoms with E-state index in [0.717, 1.165) is 11.1 Å². The van der Waals surface area contributed by atoms with Crippen molar-refractivity contribution in [1.29, 1.82) is 0 Å². The molecule has 7 heteroatoms. The zero-order valence-electron chi connectivity index (χ0n) is 20.6. The van der Waals surface area contributed by atoms with Gasteiger partial charge < -0.3 is 10.2 Å². The van der Waals surface area contributed by atoms with Gasteiger partial charge in [0.2, 0.25) is 5.91 Å². The van der Waals surface area contributed by atoms with Crippen LogP contribution in [-0.4, -0.2) is 46.2 Å². The highest BCUT2D eigenvalue weighted by Gasteiger charge is 2.35. The van der Waals surface area contributed by atoms with Crippen molar-refractivity contribution in [1.82, 2.24) is 5.32 Å². The predicted molar refractivity (Wildman–Crippen MR) is 134 cm³/mol. The summed E-state index contributed by atoms with van der Waals surface area (Å²) in [5.74, 6) is -2.41. The van der Waals surface area contributed by atoms with Crippen LogP contribution in [0, 0.1) is 11.8 Å². The Morgan fingerprint density at radius 2 is 1.24 bits per heavy atom. The van der Waals surface area contributed by atoms with Crippen molar-refractivity contribution in [2.24, 2.45) is 11.8 Å². The van der Waals surface area contributed by atoms with Crippen LogP contribution in [-0.2, 0) is 14.4 Å². The normalized spacial score (nSPS) is 14.0. The molecule has 2 aromatic rings. The number of aliphatic carboxylic acids is 2. The van der Waals surface area contributed by atoms with Gasteiger partial charge in [0.15, 0.2) is 0 Å². The second-order valence-corrected chi connectivity index (χ2v) is 9.50. The average molecular weight is 469 g/mol. The lowest BCUT2D eigenvalue weighted by atomic mass is 9.97. The summed E-state index contributed by atoms with van der Waals surface area (Å²) < 4.78 is 0. The molecule has 3 N–H and O–H groups in total. The Hall–Kier alpha value is -3.19. The van der Waals surface area contributed by atoms with E-state index in [4.69, 9.17) is 0 Å². The summed E-state index contributed by atoms with van der Waals surface area (Å²) in [6, 6.07) is 14.0. The van der Waals surface area contributed by atoms with Crippen molar-refractivity contribution >= 4 is 23.5 Å². The first kappa shape index (κ1) is 27.1. The molecule has 0 saturated carbocycles. The zero-order valence-corrected chi connectivity index (χ0v) is 20.6. The van der Waals surface area contributed by atoms with Gasteiger partial charge in [0, 0.05) is 5.69 Å². The second kappa shape index (κ2) is 12.3. The first-order valence-electron chi connectivity index (χ1n) is 11.7. The molecule has 0 heterocycles. The number of amides is 1. The third-order valence-corrected chi connectivity index (χ3v) is 5.65. The van der Waals surface area contributed by atoms with E-state index in [-0.39, 0.29) is 11.8 Å². The Kier molecular flexibility index (Phi) is 9.81.